The van der Waals surface area contributed by atoms with Gasteiger partial charge in [0.25, 0.3) is 0 Å². The van der Waals surface area contributed by atoms with Crippen molar-refractivity contribution in [3.05, 3.63) is 18.0 Å². The van der Waals surface area contributed by atoms with Crippen LogP contribution < -0.4 is 5.32 Å². The Kier molecular flexibility index (Phi) is 4.29. The van der Waals surface area contributed by atoms with E-state index in [0.717, 1.165) is 17.7 Å². The van der Waals surface area contributed by atoms with Gasteiger partial charge in [-0.3, -0.25) is 9.48 Å². The minimum absolute atomic E-state index is 0.0338. The summed E-state index contributed by atoms with van der Waals surface area (Å²) in [5.41, 5.74) is 0.385. The van der Waals surface area contributed by atoms with Crippen molar-refractivity contribution in [2.24, 2.45) is 0 Å². The highest BCUT2D eigenvalue weighted by atomic mass is 32.2. The van der Waals surface area contributed by atoms with Crippen molar-refractivity contribution in [1.82, 2.24) is 15.1 Å². The van der Waals surface area contributed by atoms with E-state index in [0.29, 0.717) is 25.3 Å². The lowest BCUT2D eigenvalue weighted by atomic mass is 10.0. The SMILES string of the molecule is Cc1cnn(CCC(=O)NCC2(O)CCSC2)c1. The number of amides is 1. The summed E-state index contributed by atoms with van der Waals surface area (Å²) in [4.78, 5) is 11.7. The maximum Gasteiger partial charge on any atom is 0.221 e. The van der Waals surface area contributed by atoms with Gasteiger partial charge < -0.3 is 10.4 Å². The van der Waals surface area contributed by atoms with E-state index in [4.69, 9.17) is 0 Å². The number of thioether (sulfide) groups is 1. The van der Waals surface area contributed by atoms with E-state index in [-0.39, 0.29) is 5.91 Å². The van der Waals surface area contributed by atoms with E-state index < -0.39 is 5.60 Å². The molecule has 6 heteroatoms. The summed E-state index contributed by atoms with van der Waals surface area (Å²) in [6.07, 6.45) is 4.84. The van der Waals surface area contributed by atoms with Gasteiger partial charge in [-0.2, -0.15) is 16.9 Å². The average molecular weight is 269 g/mol. The zero-order valence-corrected chi connectivity index (χ0v) is 11.4. The Morgan fingerprint density at radius 2 is 2.56 bits per heavy atom. The predicted octanol–water partition coefficient (Wildman–Crippen LogP) is 0.566. The molecule has 0 radical (unpaired) electrons. The predicted molar refractivity (Wildman–Crippen MR) is 71.5 cm³/mol. The summed E-state index contributed by atoms with van der Waals surface area (Å²) in [6.45, 7) is 2.90. The molecule has 1 aromatic heterocycles. The molecule has 0 saturated carbocycles. The fourth-order valence-electron chi connectivity index (χ4n) is 1.89. The van der Waals surface area contributed by atoms with Gasteiger partial charge in [-0.1, -0.05) is 0 Å². The number of aromatic nitrogens is 2. The maximum atomic E-state index is 11.7. The Bertz CT molecular complexity index is 413. The van der Waals surface area contributed by atoms with Gasteiger partial charge in [-0.25, -0.2) is 0 Å². The van der Waals surface area contributed by atoms with Crippen molar-refractivity contribution < 1.29 is 9.90 Å². The van der Waals surface area contributed by atoms with Gasteiger partial charge in [-0.05, 0) is 24.7 Å². The minimum Gasteiger partial charge on any atom is -0.387 e. The summed E-state index contributed by atoms with van der Waals surface area (Å²) >= 11 is 1.73. The van der Waals surface area contributed by atoms with Crippen LogP contribution in [-0.4, -0.2) is 44.4 Å². The highest BCUT2D eigenvalue weighted by Gasteiger charge is 2.31. The standard InChI is InChI=1S/C12H19N3O2S/c1-10-6-14-15(7-10)4-2-11(16)13-8-12(17)3-5-18-9-12/h6-7,17H,2-5,8-9H2,1H3,(H,13,16). The van der Waals surface area contributed by atoms with Crippen LogP contribution in [0.5, 0.6) is 0 Å². The molecule has 0 aliphatic carbocycles. The Morgan fingerprint density at radius 3 is 3.17 bits per heavy atom. The van der Waals surface area contributed by atoms with Crippen molar-refractivity contribution >= 4 is 17.7 Å². The number of nitrogens with one attached hydrogen (secondary N) is 1. The second kappa shape index (κ2) is 5.75. The van der Waals surface area contributed by atoms with Gasteiger partial charge >= 0.3 is 0 Å². The third-order valence-corrected chi connectivity index (χ3v) is 4.26. The first-order valence-corrected chi connectivity index (χ1v) is 7.29. The molecule has 0 spiro atoms. The Labute approximate surface area is 111 Å². The van der Waals surface area contributed by atoms with Crippen molar-refractivity contribution in [2.75, 3.05) is 18.1 Å². The van der Waals surface area contributed by atoms with Gasteiger partial charge in [0.1, 0.15) is 0 Å². The van der Waals surface area contributed by atoms with Gasteiger partial charge in [0.05, 0.1) is 11.8 Å². The Balaban J connectivity index is 1.69. The van der Waals surface area contributed by atoms with E-state index >= 15 is 0 Å². The molecule has 1 aromatic rings. The number of hydrogen-bond donors (Lipinski definition) is 2. The number of hydrogen-bond acceptors (Lipinski definition) is 4. The summed E-state index contributed by atoms with van der Waals surface area (Å²) in [6, 6.07) is 0. The summed E-state index contributed by atoms with van der Waals surface area (Å²) < 4.78 is 1.76. The number of rotatable bonds is 5. The van der Waals surface area contributed by atoms with Gasteiger partial charge in [0.2, 0.25) is 5.91 Å². The second-order valence-electron chi connectivity index (χ2n) is 4.83. The molecule has 0 bridgehead atoms. The van der Waals surface area contributed by atoms with Crippen LogP contribution in [0, 0.1) is 6.92 Å². The van der Waals surface area contributed by atoms with Crippen LogP contribution in [0.1, 0.15) is 18.4 Å². The van der Waals surface area contributed by atoms with Crippen LogP contribution >= 0.6 is 11.8 Å². The van der Waals surface area contributed by atoms with Gasteiger partial charge in [0, 0.05) is 31.5 Å². The molecule has 1 saturated heterocycles. The number of aryl methyl sites for hydroxylation is 2. The minimum atomic E-state index is -0.706. The van der Waals surface area contributed by atoms with Crippen molar-refractivity contribution in [3.8, 4) is 0 Å². The molecule has 1 unspecified atom stereocenters. The largest absolute Gasteiger partial charge is 0.387 e. The van der Waals surface area contributed by atoms with Crippen LogP contribution in [-0.2, 0) is 11.3 Å². The molecule has 5 nitrogen and oxygen atoms in total. The Hall–Kier alpha value is -1.01. The molecular weight excluding hydrogens is 250 g/mol. The summed E-state index contributed by atoms with van der Waals surface area (Å²) in [7, 11) is 0. The molecular formula is C12H19N3O2S. The number of carbonyl (C=O) groups is 1. The van der Waals surface area contributed by atoms with Crippen molar-refractivity contribution in [2.45, 2.75) is 31.9 Å². The third-order valence-electron chi connectivity index (χ3n) is 3.03. The topological polar surface area (TPSA) is 67.2 Å². The van der Waals surface area contributed by atoms with Crippen LogP contribution in [0.3, 0.4) is 0 Å². The molecule has 0 aromatic carbocycles. The first kappa shape index (κ1) is 13.4. The van der Waals surface area contributed by atoms with Crippen LogP contribution in [0.4, 0.5) is 0 Å². The molecule has 1 fully saturated rings. The van der Waals surface area contributed by atoms with Crippen molar-refractivity contribution in [3.63, 3.8) is 0 Å². The lowest BCUT2D eigenvalue weighted by molar-refractivity contribution is -0.122. The Morgan fingerprint density at radius 1 is 1.72 bits per heavy atom. The summed E-state index contributed by atoms with van der Waals surface area (Å²) in [5.74, 6) is 1.65. The highest BCUT2D eigenvalue weighted by molar-refractivity contribution is 7.99. The molecule has 18 heavy (non-hydrogen) atoms. The number of nitrogens with zero attached hydrogens (tertiary/aromatic N) is 2. The van der Waals surface area contributed by atoms with Crippen LogP contribution in [0.25, 0.3) is 0 Å². The van der Waals surface area contributed by atoms with Crippen LogP contribution in [0.2, 0.25) is 0 Å². The summed E-state index contributed by atoms with van der Waals surface area (Å²) in [5, 5.41) is 17.0. The highest BCUT2D eigenvalue weighted by Crippen LogP contribution is 2.26. The molecule has 2 rings (SSSR count). The molecule has 100 valence electrons. The van der Waals surface area contributed by atoms with Gasteiger partial charge in [0.15, 0.2) is 0 Å². The lowest BCUT2D eigenvalue weighted by Crippen LogP contribution is -2.43. The van der Waals surface area contributed by atoms with E-state index in [1.165, 1.54) is 0 Å². The second-order valence-corrected chi connectivity index (χ2v) is 5.94. The molecule has 1 atom stereocenters. The quantitative estimate of drug-likeness (QED) is 0.820. The van der Waals surface area contributed by atoms with E-state index in [1.807, 2.05) is 13.1 Å². The molecule has 1 aliphatic rings. The smallest absolute Gasteiger partial charge is 0.221 e. The first-order valence-electron chi connectivity index (χ1n) is 6.13. The average Bonchev–Trinajstić information content (AvgIpc) is 2.94. The van der Waals surface area contributed by atoms with E-state index in [1.54, 1.807) is 22.6 Å². The molecule has 1 aliphatic heterocycles. The third kappa shape index (κ3) is 3.74. The number of carbonyl (C=O) groups excluding carboxylic acids is 1. The maximum absolute atomic E-state index is 11.7. The van der Waals surface area contributed by atoms with Gasteiger partial charge in [-0.15, -0.1) is 0 Å². The number of aliphatic hydroxyl groups is 1. The van der Waals surface area contributed by atoms with Crippen LogP contribution in [0.15, 0.2) is 12.4 Å². The zero-order valence-electron chi connectivity index (χ0n) is 10.6. The zero-order chi connectivity index (χ0) is 13.0. The van der Waals surface area contributed by atoms with E-state index in [2.05, 4.69) is 10.4 Å². The van der Waals surface area contributed by atoms with Crippen molar-refractivity contribution in [1.29, 1.82) is 0 Å². The lowest BCUT2D eigenvalue weighted by Gasteiger charge is -2.21. The molecule has 1 amide bonds. The normalized spacial score (nSPS) is 23.2. The molecule has 2 N–H and O–H groups in total. The van der Waals surface area contributed by atoms with E-state index in [9.17, 15) is 9.90 Å². The monoisotopic (exact) mass is 269 g/mol. The first-order chi connectivity index (χ1) is 8.57. The fraction of sp³-hybridized carbons (Fsp3) is 0.667. The molecule has 2 heterocycles. The fourth-order valence-corrected chi connectivity index (χ4v) is 3.19.